The van der Waals surface area contributed by atoms with Crippen molar-refractivity contribution in [3.05, 3.63) is 120 Å². The van der Waals surface area contributed by atoms with Gasteiger partial charge in [0.2, 0.25) is 5.91 Å². The molecule has 0 N–H and O–H groups in total. The third kappa shape index (κ3) is 4.91. The maximum atomic E-state index is 13.2. The Labute approximate surface area is 172 Å². The summed E-state index contributed by atoms with van der Waals surface area (Å²) in [6.45, 7) is 1.26. The van der Waals surface area contributed by atoms with Crippen molar-refractivity contribution in [1.82, 2.24) is 4.90 Å². The van der Waals surface area contributed by atoms with Crippen LogP contribution in [0.15, 0.2) is 103 Å². The van der Waals surface area contributed by atoms with Gasteiger partial charge in [0, 0.05) is 19.5 Å². The Morgan fingerprint density at radius 3 is 1.83 bits per heavy atom. The maximum Gasteiger partial charge on any atom is 0.223 e. The van der Waals surface area contributed by atoms with Gasteiger partial charge in [-0.3, -0.25) is 4.79 Å². The van der Waals surface area contributed by atoms with Crippen LogP contribution >= 0.6 is 0 Å². The largest absolute Gasteiger partial charge is 0.334 e. The molecule has 0 aliphatic carbocycles. The van der Waals surface area contributed by atoms with Crippen molar-refractivity contribution in [1.29, 1.82) is 0 Å². The highest BCUT2D eigenvalue weighted by molar-refractivity contribution is 5.86. The van der Waals surface area contributed by atoms with Crippen molar-refractivity contribution in [2.75, 3.05) is 0 Å². The second-order valence-corrected chi connectivity index (χ2v) is 7.36. The van der Waals surface area contributed by atoms with Gasteiger partial charge < -0.3 is 4.90 Å². The van der Waals surface area contributed by atoms with Crippen LogP contribution in [0, 0.1) is 0 Å². The highest BCUT2D eigenvalue weighted by Gasteiger charge is 2.15. The van der Waals surface area contributed by atoms with Crippen molar-refractivity contribution >= 4 is 16.7 Å². The highest BCUT2D eigenvalue weighted by atomic mass is 16.2. The van der Waals surface area contributed by atoms with Crippen LogP contribution in [-0.4, -0.2) is 10.8 Å². The Balaban J connectivity index is 1.51. The smallest absolute Gasteiger partial charge is 0.223 e. The Bertz CT molecular complexity index is 1030. The molecular weight excluding hydrogens is 354 g/mol. The van der Waals surface area contributed by atoms with Gasteiger partial charge in [-0.1, -0.05) is 103 Å². The van der Waals surface area contributed by atoms with E-state index in [0.717, 1.165) is 17.5 Å². The van der Waals surface area contributed by atoms with E-state index in [1.165, 1.54) is 16.3 Å². The van der Waals surface area contributed by atoms with E-state index < -0.39 is 0 Å². The first-order valence-corrected chi connectivity index (χ1v) is 10.1. The average molecular weight is 380 g/mol. The predicted molar refractivity (Wildman–Crippen MR) is 119 cm³/mol. The van der Waals surface area contributed by atoms with Crippen LogP contribution in [0.3, 0.4) is 0 Å². The zero-order valence-corrected chi connectivity index (χ0v) is 16.5. The molecule has 0 aliphatic rings. The first kappa shape index (κ1) is 18.9. The molecule has 29 heavy (non-hydrogen) atoms. The van der Waals surface area contributed by atoms with Gasteiger partial charge in [-0.05, 0) is 33.9 Å². The van der Waals surface area contributed by atoms with E-state index >= 15 is 0 Å². The van der Waals surface area contributed by atoms with Gasteiger partial charge in [0.25, 0.3) is 0 Å². The summed E-state index contributed by atoms with van der Waals surface area (Å²) in [6, 6.07) is 35.1. The van der Waals surface area contributed by atoms with Crippen LogP contribution in [0.2, 0.25) is 0 Å². The summed E-state index contributed by atoms with van der Waals surface area (Å²) in [5.74, 6) is 0.186. The molecule has 0 spiro atoms. The summed E-state index contributed by atoms with van der Waals surface area (Å²) in [7, 11) is 0. The molecule has 0 fully saturated rings. The van der Waals surface area contributed by atoms with Gasteiger partial charge in [-0.2, -0.15) is 0 Å². The number of benzene rings is 4. The standard InChI is InChI=1S/C27H25NO/c29-27(19-18-25-16-9-15-24-14-7-8-17-26(24)25)28(20-22-10-3-1-4-11-22)21-23-12-5-2-6-13-23/h1-17H,18-21H2. The summed E-state index contributed by atoms with van der Waals surface area (Å²) in [4.78, 5) is 15.2. The fraction of sp³-hybridized carbons (Fsp3) is 0.148. The van der Waals surface area contributed by atoms with Gasteiger partial charge in [0.05, 0.1) is 0 Å². The minimum Gasteiger partial charge on any atom is -0.334 e. The SMILES string of the molecule is O=C(CCc1cccc2ccccc12)N(Cc1ccccc1)Cc1ccccc1. The van der Waals surface area contributed by atoms with Crippen molar-refractivity contribution in [3.63, 3.8) is 0 Å². The molecule has 2 nitrogen and oxygen atoms in total. The Morgan fingerprint density at radius 1 is 0.621 bits per heavy atom. The van der Waals surface area contributed by atoms with E-state index in [4.69, 9.17) is 0 Å². The summed E-state index contributed by atoms with van der Waals surface area (Å²) in [6.07, 6.45) is 1.26. The van der Waals surface area contributed by atoms with Crippen molar-refractivity contribution in [3.8, 4) is 0 Å². The zero-order valence-electron chi connectivity index (χ0n) is 16.5. The van der Waals surface area contributed by atoms with E-state index in [9.17, 15) is 4.79 Å². The number of hydrogen-bond acceptors (Lipinski definition) is 1. The fourth-order valence-electron chi connectivity index (χ4n) is 3.75. The molecule has 0 atom stereocenters. The van der Waals surface area contributed by atoms with Crippen LogP contribution in [0.25, 0.3) is 10.8 Å². The molecule has 0 bridgehead atoms. The highest BCUT2D eigenvalue weighted by Crippen LogP contribution is 2.20. The number of aryl methyl sites for hydroxylation is 1. The third-order valence-corrected chi connectivity index (χ3v) is 5.27. The predicted octanol–water partition coefficient (Wildman–Crippen LogP) is 6.00. The van der Waals surface area contributed by atoms with E-state index in [-0.39, 0.29) is 5.91 Å². The molecule has 1 amide bonds. The Morgan fingerprint density at radius 2 is 1.17 bits per heavy atom. The number of hydrogen-bond donors (Lipinski definition) is 0. The molecule has 4 aromatic carbocycles. The second-order valence-electron chi connectivity index (χ2n) is 7.36. The second kappa shape index (κ2) is 9.20. The fourth-order valence-corrected chi connectivity index (χ4v) is 3.75. The molecule has 0 saturated carbocycles. The lowest BCUT2D eigenvalue weighted by atomic mass is 10.0. The molecule has 144 valence electrons. The minimum absolute atomic E-state index is 0.186. The molecule has 2 heteroatoms. The van der Waals surface area contributed by atoms with E-state index in [2.05, 4.69) is 66.7 Å². The van der Waals surface area contributed by atoms with E-state index in [1.807, 2.05) is 41.3 Å². The monoisotopic (exact) mass is 379 g/mol. The number of carbonyl (C=O) groups is 1. The first-order valence-electron chi connectivity index (χ1n) is 10.1. The van der Waals surface area contributed by atoms with Gasteiger partial charge >= 0.3 is 0 Å². The van der Waals surface area contributed by atoms with Crippen LogP contribution in [0.5, 0.6) is 0 Å². The Hall–Kier alpha value is -3.39. The van der Waals surface area contributed by atoms with Gasteiger partial charge in [0.1, 0.15) is 0 Å². The maximum absolute atomic E-state index is 13.2. The summed E-state index contributed by atoms with van der Waals surface area (Å²) >= 11 is 0. The number of carbonyl (C=O) groups excluding carboxylic acids is 1. The van der Waals surface area contributed by atoms with Crippen LogP contribution < -0.4 is 0 Å². The van der Waals surface area contributed by atoms with Crippen LogP contribution in [-0.2, 0) is 24.3 Å². The normalized spacial score (nSPS) is 10.8. The third-order valence-electron chi connectivity index (χ3n) is 5.27. The van der Waals surface area contributed by atoms with E-state index in [1.54, 1.807) is 0 Å². The summed E-state index contributed by atoms with van der Waals surface area (Å²) in [5, 5.41) is 2.46. The van der Waals surface area contributed by atoms with Crippen molar-refractivity contribution in [2.45, 2.75) is 25.9 Å². The van der Waals surface area contributed by atoms with Gasteiger partial charge in [-0.25, -0.2) is 0 Å². The molecule has 0 unspecified atom stereocenters. The molecule has 0 heterocycles. The Kier molecular flexibility index (Phi) is 6.01. The molecule has 4 rings (SSSR count). The minimum atomic E-state index is 0.186. The molecule has 0 saturated heterocycles. The zero-order chi connectivity index (χ0) is 19.9. The first-order chi connectivity index (χ1) is 14.3. The number of amides is 1. The lowest BCUT2D eigenvalue weighted by Crippen LogP contribution is -2.30. The van der Waals surface area contributed by atoms with Gasteiger partial charge in [0.15, 0.2) is 0 Å². The van der Waals surface area contributed by atoms with Crippen LogP contribution in [0.1, 0.15) is 23.1 Å². The van der Waals surface area contributed by atoms with Gasteiger partial charge in [-0.15, -0.1) is 0 Å². The number of rotatable bonds is 7. The lowest BCUT2D eigenvalue weighted by Gasteiger charge is -2.23. The molecule has 0 radical (unpaired) electrons. The average Bonchev–Trinajstić information content (AvgIpc) is 2.78. The molecular formula is C27H25NO. The topological polar surface area (TPSA) is 20.3 Å². The summed E-state index contributed by atoms with van der Waals surface area (Å²) in [5.41, 5.74) is 3.54. The summed E-state index contributed by atoms with van der Waals surface area (Å²) < 4.78 is 0. The number of fused-ring (bicyclic) bond motifs is 1. The van der Waals surface area contributed by atoms with Crippen molar-refractivity contribution in [2.24, 2.45) is 0 Å². The van der Waals surface area contributed by atoms with E-state index in [0.29, 0.717) is 19.5 Å². The van der Waals surface area contributed by atoms with Crippen molar-refractivity contribution < 1.29 is 4.79 Å². The van der Waals surface area contributed by atoms with Crippen LogP contribution in [0.4, 0.5) is 0 Å². The number of nitrogens with zero attached hydrogens (tertiary/aromatic N) is 1. The molecule has 4 aromatic rings. The lowest BCUT2D eigenvalue weighted by molar-refractivity contribution is -0.132. The quantitative estimate of drug-likeness (QED) is 0.385. The molecule has 0 aromatic heterocycles. The molecule has 0 aliphatic heterocycles.